The lowest BCUT2D eigenvalue weighted by molar-refractivity contribution is -0.185. The van der Waals surface area contributed by atoms with E-state index in [4.69, 9.17) is 0 Å². The van der Waals surface area contributed by atoms with E-state index in [1.54, 1.807) is 0 Å². The predicted octanol–water partition coefficient (Wildman–Crippen LogP) is 4.13. The van der Waals surface area contributed by atoms with Gasteiger partial charge in [-0.05, 0) is 38.5 Å². The molecule has 1 amide bonds. The molecule has 0 spiro atoms. The van der Waals surface area contributed by atoms with E-state index in [2.05, 4.69) is 38.4 Å². The number of carbonyl (C=O) groups is 2. The van der Waals surface area contributed by atoms with Gasteiger partial charge in [0.1, 0.15) is 5.67 Å². The summed E-state index contributed by atoms with van der Waals surface area (Å²) in [4.78, 5) is 24.8. The van der Waals surface area contributed by atoms with Gasteiger partial charge in [0.15, 0.2) is 5.78 Å². The first kappa shape index (κ1) is 25.7. The topological polar surface area (TPSA) is 58.2 Å². The largest absolute Gasteiger partial charge is 0.422 e. The number of rotatable bonds is 4. The number of benzene rings is 1. The Morgan fingerprint density at radius 2 is 1.87 bits per heavy atom. The summed E-state index contributed by atoms with van der Waals surface area (Å²) in [6.07, 6.45) is -5.47. The second-order valence-corrected chi connectivity index (χ2v) is 9.81. The van der Waals surface area contributed by atoms with E-state index in [1.165, 1.54) is 45.0 Å². The minimum atomic E-state index is -4.93. The maximum atomic E-state index is 14.5. The van der Waals surface area contributed by atoms with Gasteiger partial charge < -0.3 is 5.32 Å². The van der Waals surface area contributed by atoms with Crippen LogP contribution in [0.2, 0.25) is 0 Å². The highest BCUT2D eigenvalue weighted by molar-refractivity contribution is 9.10. The highest BCUT2D eigenvalue weighted by atomic mass is 79.9. The van der Waals surface area contributed by atoms with Gasteiger partial charge >= 0.3 is 6.18 Å². The summed E-state index contributed by atoms with van der Waals surface area (Å²) < 4.78 is 58.6. The Morgan fingerprint density at radius 3 is 2.39 bits per heavy atom. The molecule has 1 aliphatic rings. The van der Waals surface area contributed by atoms with Crippen LogP contribution >= 0.6 is 27.7 Å². The first-order valence-corrected chi connectivity index (χ1v) is 11.4. The Kier molecular flexibility index (Phi) is 8.22. The molecule has 10 heteroatoms. The maximum Gasteiger partial charge on any atom is 0.422 e. The Labute approximate surface area is 191 Å². The fourth-order valence-electron chi connectivity index (χ4n) is 3.09. The number of hydrogen-bond donors (Lipinski definition) is 2. The third-order valence-corrected chi connectivity index (χ3v) is 6.09. The zero-order valence-corrected chi connectivity index (χ0v) is 19.6. The van der Waals surface area contributed by atoms with Crippen LogP contribution in [0.15, 0.2) is 28.7 Å². The van der Waals surface area contributed by atoms with Crippen molar-refractivity contribution in [3.05, 3.63) is 34.3 Å². The number of hydrogen-bond acceptors (Lipinski definition) is 4. The van der Waals surface area contributed by atoms with Crippen molar-refractivity contribution in [1.82, 2.24) is 10.6 Å². The van der Waals surface area contributed by atoms with Crippen LogP contribution in [0.25, 0.3) is 0 Å². The van der Waals surface area contributed by atoms with Crippen molar-refractivity contribution in [2.24, 2.45) is 0 Å². The number of ketones is 1. The SMILES string of the molecule is CC(=O)[C@@H]1CSCC#C[C@](c2ccc(Br)cc2)(C(F)(F)F)N[C@@H](CC(C)(C)F)C(=O)N1. The summed E-state index contributed by atoms with van der Waals surface area (Å²) >= 11 is 4.33. The number of thioether (sulfide) groups is 1. The second kappa shape index (κ2) is 9.92. The lowest BCUT2D eigenvalue weighted by atomic mass is 9.87. The molecule has 2 rings (SSSR count). The van der Waals surface area contributed by atoms with Gasteiger partial charge in [-0.25, -0.2) is 4.39 Å². The molecule has 1 aliphatic heterocycles. The minimum Gasteiger partial charge on any atom is -0.344 e. The molecule has 0 radical (unpaired) electrons. The maximum absolute atomic E-state index is 14.5. The molecule has 0 aliphatic carbocycles. The van der Waals surface area contributed by atoms with Crippen LogP contribution in [-0.4, -0.2) is 47.1 Å². The average molecular weight is 523 g/mol. The predicted molar refractivity (Wildman–Crippen MR) is 116 cm³/mol. The highest BCUT2D eigenvalue weighted by Gasteiger charge is 2.57. The summed E-state index contributed by atoms with van der Waals surface area (Å²) in [5.41, 5.74) is -5.09. The minimum absolute atomic E-state index is 0.0228. The summed E-state index contributed by atoms with van der Waals surface area (Å²) in [6, 6.07) is 2.87. The molecule has 0 saturated carbocycles. The molecule has 31 heavy (non-hydrogen) atoms. The van der Waals surface area contributed by atoms with Crippen molar-refractivity contribution in [1.29, 1.82) is 0 Å². The van der Waals surface area contributed by atoms with Crippen LogP contribution in [0.3, 0.4) is 0 Å². The summed E-state index contributed by atoms with van der Waals surface area (Å²) in [6.45, 7) is 3.62. The van der Waals surface area contributed by atoms with Gasteiger partial charge in [-0.15, -0.1) is 11.8 Å². The van der Waals surface area contributed by atoms with E-state index in [0.717, 1.165) is 11.8 Å². The molecule has 0 aromatic heterocycles. The van der Waals surface area contributed by atoms with Crippen molar-refractivity contribution in [2.75, 3.05) is 11.5 Å². The number of amides is 1. The third kappa shape index (κ3) is 6.70. The lowest BCUT2D eigenvalue weighted by Gasteiger charge is -2.37. The molecule has 0 fully saturated rings. The van der Waals surface area contributed by atoms with E-state index in [9.17, 15) is 27.2 Å². The van der Waals surface area contributed by atoms with Crippen LogP contribution in [-0.2, 0) is 15.1 Å². The zero-order valence-electron chi connectivity index (χ0n) is 17.2. The molecule has 1 aromatic carbocycles. The fourth-order valence-corrected chi connectivity index (χ4v) is 4.20. The van der Waals surface area contributed by atoms with Crippen molar-refractivity contribution in [2.45, 2.75) is 56.7 Å². The van der Waals surface area contributed by atoms with Crippen molar-refractivity contribution < 1.29 is 27.2 Å². The van der Waals surface area contributed by atoms with Crippen LogP contribution in [0, 0.1) is 11.8 Å². The Balaban J connectivity index is 2.65. The van der Waals surface area contributed by atoms with E-state index >= 15 is 0 Å². The van der Waals surface area contributed by atoms with Crippen LogP contribution in [0.4, 0.5) is 17.6 Å². The first-order chi connectivity index (χ1) is 14.2. The number of halogens is 5. The summed E-state index contributed by atoms with van der Waals surface area (Å²) in [7, 11) is 0. The van der Waals surface area contributed by atoms with Gasteiger partial charge in [-0.2, -0.15) is 13.2 Å². The second-order valence-electron chi connectivity index (χ2n) is 7.86. The van der Waals surface area contributed by atoms with E-state index in [0.29, 0.717) is 4.47 Å². The molecule has 0 unspecified atom stereocenters. The monoisotopic (exact) mass is 522 g/mol. The highest BCUT2D eigenvalue weighted by Crippen LogP contribution is 2.40. The van der Waals surface area contributed by atoms with Crippen molar-refractivity contribution in [3.8, 4) is 11.8 Å². The van der Waals surface area contributed by atoms with E-state index in [1.807, 2.05) is 0 Å². The van der Waals surface area contributed by atoms with Gasteiger partial charge in [0.25, 0.3) is 0 Å². The zero-order chi connectivity index (χ0) is 23.4. The van der Waals surface area contributed by atoms with Gasteiger partial charge in [0.05, 0.1) is 17.8 Å². The Bertz CT molecular complexity index is 875. The molecule has 2 N–H and O–H groups in total. The smallest absolute Gasteiger partial charge is 0.344 e. The molecule has 0 saturated heterocycles. The fraction of sp³-hybridized carbons (Fsp3) is 0.524. The Hall–Kier alpha value is -1.57. The summed E-state index contributed by atoms with van der Waals surface area (Å²) in [5, 5.41) is 4.79. The van der Waals surface area contributed by atoms with Gasteiger partial charge in [0, 0.05) is 16.6 Å². The summed E-state index contributed by atoms with van der Waals surface area (Å²) in [5.74, 6) is 3.74. The van der Waals surface area contributed by atoms with Crippen LogP contribution in [0.1, 0.15) is 32.8 Å². The molecule has 1 heterocycles. The van der Waals surface area contributed by atoms with Gasteiger partial charge in [-0.1, -0.05) is 39.9 Å². The molecule has 170 valence electrons. The van der Waals surface area contributed by atoms with Crippen molar-refractivity contribution >= 4 is 39.4 Å². The molecule has 1 aromatic rings. The van der Waals surface area contributed by atoms with E-state index < -0.39 is 41.8 Å². The number of Topliss-reactive ketones (excluding diaryl/α,β-unsaturated/α-hetero) is 1. The molecule has 0 bridgehead atoms. The first-order valence-electron chi connectivity index (χ1n) is 9.43. The normalized spacial score (nSPS) is 25.6. The standard InChI is InChI=1S/C21H23BrF4N2O2S/c1-13(29)17-12-31-10-4-9-20(21(24,25)26,14-5-7-15(22)8-6-14)28-16(18(30)27-17)11-19(2,3)23/h5-8,16-17,28H,10-12H2,1-3H3,(H,27,30)/t16-,17-,20-/m0/s1. The van der Waals surface area contributed by atoms with Crippen LogP contribution < -0.4 is 10.6 Å². The number of nitrogens with one attached hydrogen (secondary N) is 2. The van der Waals surface area contributed by atoms with Gasteiger partial charge in [0.2, 0.25) is 11.4 Å². The van der Waals surface area contributed by atoms with Crippen LogP contribution in [0.5, 0.6) is 0 Å². The number of alkyl halides is 4. The van der Waals surface area contributed by atoms with E-state index in [-0.39, 0.29) is 22.9 Å². The Morgan fingerprint density at radius 1 is 1.26 bits per heavy atom. The number of carbonyl (C=O) groups excluding carboxylic acids is 2. The average Bonchev–Trinajstić information content (AvgIpc) is 2.65. The molecular weight excluding hydrogens is 500 g/mol. The van der Waals surface area contributed by atoms with Gasteiger partial charge in [-0.3, -0.25) is 14.9 Å². The molecule has 3 atom stereocenters. The molecular formula is C21H23BrF4N2O2S. The van der Waals surface area contributed by atoms with Crippen molar-refractivity contribution in [3.63, 3.8) is 0 Å². The molecule has 4 nitrogen and oxygen atoms in total. The third-order valence-electron chi connectivity index (χ3n) is 4.64. The quantitative estimate of drug-likeness (QED) is 0.461. The lowest BCUT2D eigenvalue weighted by Crippen LogP contribution is -2.62.